The van der Waals surface area contributed by atoms with Gasteiger partial charge in [0.2, 0.25) is 0 Å². The first kappa shape index (κ1) is 11.1. The zero-order valence-electron chi connectivity index (χ0n) is 7.46. The number of benzene rings is 1. The van der Waals surface area contributed by atoms with Crippen molar-refractivity contribution in [2.75, 3.05) is 12.9 Å². The third kappa shape index (κ3) is 2.48. The summed E-state index contributed by atoms with van der Waals surface area (Å²) in [7, 11) is 0. The van der Waals surface area contributed by atoms with Gasteiger partial charge in [0.05, 0.1) is 0 Å². The molecule has 0 amide bonds. The standard InChI is InChI=1S/C10H12BrOS/c1-7(6-12)8-4-3-5-9(13-2)10(8)11/h3-5,7,12H,1,6H2,2H3. The van der Waals surface area contributed by atoms with Gasteiger partial charge >= 0.3 is 0 Å². The maximum atomic E-state index is 8.99. The van der Waals surface area contributed by atoms with E-state index < -0.39 is 0 Å². The minimum Gasteiger partial charge on any atom is -0.396 e. The Morgan fingerprint density at radius 1 is 1.62 bits per heavy atom. The Labute approximate surface area is 91.7 Å². The third-order valence-electron chi connectivity index (χ3n) is 1.87. The number of hydrogen-bond donors (Lipinski definition) is 1. The van der Waals surface area contributed by atoms with Gasteiger partial charge in [0, 0.05) is 21.9 Å². The summed E-state index contributed by atoms with van der Waals surface area (Å²) < 4.78 is 1.05. The first-order valence-corrected chi connectivity index (χ1v) is 5.98. The highest BCUT2D eigenvalue weighted by molar-refractivity contribution is 9.10. The molecule has 1 atom stereocenters. The van der Waals surface area contributed by atoms with Crippen molar-refractivity contribution in [3.63, 3.8) is 0 Å². The monoisotopic (exact) mass is 259 g/mol. The molecule has 1 N–H and O–H groups in total. The lowest BCUT2D eigenvalue weighted by molar-refractivity contribution is 0.282. The van der Waals surface area contributed by atoms with E-state index in [1.807, 2.05) is 24.5 Å². The summed E-state index contributed by atoms with van der Waals surface area (Å²) in [6, 6.07) is 6.01. The molecular weight excluding hydrogens is 248 g/mol. The number of aliphatic hydroxyl groups is 1. The fourth-order valence-electron chi connectivity index (χ4n) is 1.10. The van der Waals surface area contributed by atoms with Crippen LogP contribution in [0.3, 0.4) is 0 Å². The van der Waals surface area contributed by atoms with E-state index in [0.717, 1.165) is 10.0 Å². The quantitative estimate of drug-likeness (QED) is 0.843. The minimum atomic E-state index is -0.0542. The van der Waals surface area contributed by atoms with E-state index in [2.05, 4.69) is 22.9 Å². The second-order valence-electron chi connectivity index (χ2n) is 2.74. The summed E-state index contributed by atoms with van der Waals surface area (Å²) in [5.41, 5.74) is 1.06. The van der Waals surface area contributed by atoms with Crippen molar-refractivity contribution in [1.29, 1.82) is 0 Å². The highest BCUT2D eigenvalue weighted by atomic mass is 79.9. The average molecular weight is 260 g/mol. The topological polar surface area (TPSA) is 20.2 Å². The molecule has 1 radical (unpaired) electrons. The highest BCUT2D eigenvalue weighted by Crippen LogP contribution is 2.32. The Morgan fingerprint density at radius 2 is 2.31 bits per heavy atom. The van der Waals surface area contributed by atoms with Crippen molar-refractivity contribution < 1.29 is 5.11 Å². The van der Waals surface area contributed by atoms with E-state index in [4.69, 9.17) is 5.11 Å². The number of thioether (sulfide) groups is 1. The van der Waals surface area contributed by atoms with E-state index in [0.29, 0.717) is 0 Å². The normalized spacial score (nSPS) is 12.9. The summed E-state index contributed by atoms with van der Waals surface area (Å²) in [5, 5.41) is 8.99. The fourth-order valence-corrected chi connectivity index (χ4v) is 2.68. The molecule has 0 fully saturated rings. The third-order valence-corrected chi connectivity index (χ3v) is 3.80. The van der Waals surface area contributed by atoms with Crippen LogP contribution in [-0.4, -0.2) is 18.0 Å². The molecule has 1 rings (SSSR count). The van der Waals surface area contributed by atoms with Crippen LogP contribution >= 0.6 is 27.7 Å². The van der Waals surface area contributed by atoms with Gasteiger partial charge in [0.25, 0.3) is 0 Å². The van der Waals surface area contributed by atoms with Crippen LogP contribution in [0.15, 0.2) is 27.6 Å². The summed E-state index contributed by atoms with van der Waals surface area (Å²) in [5.74, 6) is -0.0542. The molecule has 1 nitrogen and oxygen atoms in total. The molecule has 0 aromatic heterocycles. The van der Waals surface area contributed by atoms with Crippen LogP contribution < -0.4 is 0 Å². The molecule has 1 unspecified atom stereocenters. The first-order chi connectivity index (χ1) is 6.20. The van der Waals surface area contributed by atoms with E-state index in [9.17, 15) is 0 Å². The number of rotatable bonds is 3. The number of hydrogen-bond acceptors (Lipinski definition) is 2. The van der Waals surface area contributed by atoms with E-state index in [1.54, 1.807) is 11.8 Å². The van der Waals surface area contributed by atoms with Gasteiger partial charge in [-0.25, -0.2) is 0 Å². The molecule has 0 aliphatic rings. The fraction of sp³-hybridized carbons (Fsp3) is 0.300. The SMILES string of the molecule is [CH2]C(CO)c1cccc(SC)c1Br. The summed E-state index contributed by atoms with van der Waals surface area (Å²) in [6.45, 7) is 3.95. The number of aliphatic hydroxyl groups excluding tert-OH is 1. The van der Waals surface area contributed by atoms with Gasteiger partial charge in [-0.2, -0.15) is 0 Å². The van der Waals surface area contributed by atoms with Gasteiger partial charge in [0.15, 0.2) is 0 Å². The van der Waals surface area contributed by atoms with Crippen LogP contribution in [0.25, 0.3) is 0 Å². The van der Waals surface area contributed by atoms with Crippen LogP contribution in [0, 0.1) is 6.92 Å². The van der Waals surface area contributed by atoms with Gasteiger partial charge < -0.3 is 5.11 Å². The molecule has 0 aliphatic heterocycles. The van der Waals surface area contributed by atoms with Gasteiger partial charge in [-0.05, 0) is 40.7 Å². The Morgan fingerprint density at radius 3 is 2.85 bits per heavy atom. The van der Waals surface area contributed by atoms with Crippen LogP contribution in [0.5, 0.6) is 0 Å². The Balaban J connectivity index is 3.08. The van der Waals surface area contributed by atoms with Crippen molar-refractivity contribution in [2.24, 2.45) is 0 Å². The molecule has 71 valence electrons. The lowest BCUT2D eigenvalue weighted by Gasteiger charge is -2.12. The van der Waals surface area contributed by atoms with Crippen LogP contribution in [0.2, 0.25) is 0 Å². The Kier molecular flexibility index (Phi) is 4.29. The van der Waals surface area contributed by atoms with Gasteiger partial charge in [-0.1, -0.05) is 12.1 Å². The Bertz CT molecular complexity index is 288. The lowest BCUT2D eigenvalue weighted by Crippen LogP contribution is -2.00. The van der Waals surface area contributed by atoms with Crippen molar-refractivity contribution in [2.45, 2.75) is 10.8 Å². The van der Waals surface area contributed by atoms with Crippen molar-refractivity contribution in [3.05, 3.63) is 35.2 Å². The second kappa shape index (κ2) is 5.03. The van der Waals surface area contributed by atoms with E-state index in [1.165, 1.54) is 4.90 Å². The van der Waals surface area contributed by atoms with Gasteiger partial charge in [-0.15, -0.1) is 11.8 Å². The predicted molar refractivity (Wildman–Crippen MR) is 61.1 cm³/mol. The average Bonchev–Trinajstić information content (AvgIpc) is 2.17. The van der Waals surface area contributed by atoms with Crippen molar-refractivity contribution >= 4 is 27.7 Å². The molecule has 1 aromatic rings. The van der Waals surface area contributed by atoms with Gasteiger partial charge in [-0.3, -0.25) is 0 Å². The molecule has 0 saturated heterocycles. The molecule has 3 heteroatoms. The highest BCUT2D eigenvalue weighted by Gasteiger charge is 2.10. The smallest absolute Gasteiger partial charge is 0.0500 e. The van der Waals surface area contributed by atoms with Gasteiger partial charge in [0.1, 0.15) is 0 Å². The Hall–Kier alpha value is 0.01000. The molecule has 0 bridgehead atoms. The lowest BCUT2D eigenvalue weighted by atomic mass is 10.0. The van der Waals surface area contributed by atoms with Crippen LogP contribution in [-0.2, 0) is 0 Å². The maximum Gasteiger partial charge on any atom is 0.0500 e. The zero-order chi connectivity index (χ0) is 9.84. The van der Waals surface area contributed by atoms with E-state index in [-0.39, 0.29) is 12.5 Å². The summed E-state index contributed by atoms with van der Waals surface area (Å²) >= 11 is 5.19. The van der Waals surface area contributed by atoms with Crippen LogP contribution in [0.1, 0.15) is 11.5 Å². The summed E-state index contributed by atoms with van der Waals surface area (Å²) in [6.07, 6.45) is 2.03. The second-order valence-corrected chi connectivity index (χ2v) is 4.38. The zero-order valence-corrected chi connectivity index (χ0v) is 9.86. The molecule has 0 aliphatic carbocycles. The first-order valence-electron chi connectivity index (χ1n) is 3.97. The van der Waals surface area contributed by atoms with Crippen molar-refractivity contribution in [1.82, 2.24) is 0 Å². The maximum absolute atomic E-state index is 8.99. The summed E-state index contributed by atoms with van der Waals surface area (Å²) in [4.78, 5) is 1.18. The van der Waals surface area contributed by atoms with Crippen molar-refractivity contribution in [3.8, 4) is 0 Å². The molecule has 0 saturated carbocycles. The predicted octanol–water partition coefficient (Wildman–Crippen LogP) is 3.08. The van der Waals surface area contributed by atoms with Crippen LogP contribution in [0.4, 0.5) is 0 Å². The molecule has 1 aromatic carbocycles. The number of halogens is 1. The largest absolute Gasteiger partial charge is 0.396 e. The minimum absolute atomic E-state index is 0.0542. The molecule has 0 spiro atoms. The molecular formula is C10H12BrOS. The molecule has 13 heavy (non-hydrogen) atoms. The molecule has 0 heterocycles. The van der Waals surface area contributed by atoms with E-state index >= 15 is 0 Å².